The third-order valence-electron chi connectivity index (χ3n) is 6.21. The zero-order valence-corrected chi connectivity index (χ0v) is 20.4. The molecule has 2 heterocycles. The third-order valence-corrected chi connectivity index (χ3v) is 6.21. The standard InChI is InChI=1S/C29H26O9/c30-26(20-10-4-1-5-11-20)34-18-23-24(36-27(31)21-12-6-2-7-13-21)25(29(38-23)19-33-16-17-35-29)37-28(32)22-14-8-3-9-15-22/h1-15,23-25H,16-19H2/t23-,24-,25+,29-/m1/s1. The molecule has 0 N–H and O–H groups in total. The van der Waals surface area contributed by atoms with Gasteiger partial charge in [0.2, 0.25) is 5.79 Å². The summed E-state index contributed by atoms with van der Waals surface area (Å²) in [6.45, 7) is 0.106. The molecule has 196 valence electrons. The summed E-state index contributed by atoms with van der Waals surface area (Å²) >= 11 is 0. The lowest BCUT2D eigenvalue weighted by molar-refractivity contribution is -0.308. The van der Waals surface area contributed by atoms with E-state index in [0.29, 0.717) is 23.3 Å². The van der Waals surface area contributed by atoms with Gasteiger partial charge in [-0.15, -0.1) is 0 Å². The predicted molar refractivity (Wildman–Crippen MR) is 132 cm³/mol. The van der Waals surface area contributed by atoms with Gasteiger partial charge in [-0.1, -0.05) is 54.6 Å². The summed E-state index contributed by atoms with van der Waals surface area (Å²) in [5.41, 5.74) is 0.941. The van der Waals surface area contributed by atoms with Crippen molar-refractivity contribution in [3.8, 4) is 0 Å². The Bertz CT molecular complexity index is 1240. The van der Waals surface area contributed by atoms with Crippen molar-refractivity contribution in [2.75, 3.05) is 26.4 Å². The lowest BCUT2D eigenvalue weighted by atomic mass is 10.0. The van der Waals surface area contributed by atoms with Crippen molar-refractivity contribution in [1.29, 1.82) is 0 Å². The topological polar surface area (TPSA) is 107 Å². The summed E-state index contributed by atoms with van der Waals surface area (Å²) in [6.07, 6.45) is -3.38. The fourth-order valence-electron chi connectivity index (χ4n) is 4.36. The molecule has 2 saturated heterocycles. The van der Waals surface area contributed by atoms with Crippen LogP contribution in [0.25, 0.3) is 0 Å². The maximum Gasteiger partial charge on any atom is 0.338 e. The summed E-state index contributed by atoms with van der Waals surface area (Å²) in [4.78, 5) is 38.8. The van der Waals surface area contributed by atoms with Crippen LogP contribution in [0.5, 0.6) is 0 Å². The number of rotatable bonds is 7. The lowest BCUT2D eigenvalue weighted by Gasteiger charge is -2.36. The first-order valence-corrected chi connectivity index (χ1v) is 12.2. The van der Waals surface area contributed by atoms with Crippen molar-refractivity contribution in [2.24, 2.45) is 0 Å². The van der Waals surface area contributed by atoms with E-state index in [-0.39, 0.29) is 19.8 Å². The van der Waals surface area contributed by atoms with Gasteiger partial charge in [-0.05, 0) is 36.4 Å². The summed E-state index contributed by atoms with van der Waals surface area (Å²) in [5.74, 6) is -3.46. The average Bonchev–Trinajstić information content (AvgIpc) is 3.24. The first-order chi connectivity index (χ1) is 18.6. The molecular formula is C29H26O9. The van der Waals surface area contributed by atoms with Crippen LogP contribution in [-0.4, -0.2) is 68.4 Å². The molecule has 2 fully saturated rings. The quantitative estimate of drug-likeness (QED) is 0.343. The maximum atomic E-state index is 13.1. The smallest absolute Gasteiger partial charge is 0.338 e. The van der Waals surface area contributed by atoms with Gasteiger partial charge >= 0.3 is 17.9 Å². The highest BCUT2D eigenvalue weighted by Gasteiger charge is 2.62. The van der Waals surface area contributed by atoms with E-state index >= 15 is 0 Å². The van der Waals surface area contributed by atoms with Gasteiger partial charge in [0.15, 0.2) is 12.2 Å². The highest BCUT2D eigenvalue weighted by Crippen LogP contribution is 2.39. The predicted octanol–water partition coefficient (Wildman–Crippen LogP) is 3.44. The molecule has 9 heteroatoms. The van der Waals surface area contributed by atoms with Crippen LogP contribution in [0.15, 0.2) is 91.0 Å². The molecule has 5 rings (SSSR count). The minimum atomic E-state index is -1.56. The fraction of sp³-hybridized carbons (Fsp3) is 0.276. The second kappa shape index (κ2) is 11.6. The second-order valence-electron chi connectivity index (χ2n) is 8.76. The van der Waals surface area contributed by atoms with Crippen LogP contribution in [0.3, 0.4) is 0 Å². The average molecular weight is 519 g/mol. The summed E-state index contributed by atoms with van der Waals surface area (Å²) in [5, 5.41) is 0. The number of esters is 3. The number of ether oxygens (including phenoxy) is 6. The van der Waals surface area contributed by atoms with Gasteiger partial charge in [0, 0.05) is 0 Å². The van der Waals surface area contributed by atoms with E-state index in [2.05, 4.69) is 0 Å². The highest BCUT2D eigenvalue weighted by atomic mass is 16.8. The van der Waals surface area contributed by atoms with Gasteiger partial charge in [0.05, 0.1) is 29.9 Å². The van der Waals surface area contributed by atoms with Crippen molar-refractivity contribution in [2.45, 2.75) is 24.1 Å². The maximum absolute atomic E-state index is 13.1. The van der Waals surface area contributed by atoms with Gasteiger partial charge in [-0.2, -0.15) is 0 Å². The Kier molecular flexibility index (Phi) is 7.78. The SMILES string of the molecule is O=C(OC[C@H]1O[C@]2(COCCO2)[C@@H](OC(=O)c2ccccc2)[C@@H]1OC(=O)c1ccccc1)c1ccccc1. The second-order valence-corrected chi connectivity index (χ2v) is 8.76. The number of carbonyl (C=O) groups is 3. The van der Waals surface area contributed by atoms with Gasteiger partial charge in [0.25, 0.3) is 0 Å². The monoisotopic (exact) mass is 518 g/mol. The normalized spacial score (nSPS) is 24.5. The molecule has 2 aliphatic heterocycles. The van der Waals surface area contributed by atoms with Crippen LogP contribution in [0.2, 0.25) is 0 Å². The Morgan fingerprint density at radius 2 is 1.24 bits per heavy atom. The molecule has 1 spiro atoms. The molecule has 3 aromatic carbocycles. The van der Waals surface area contributed by atoms with Gasteiger partial charge < -0.3 is 28.4 Å². The molecule has 9 nitrogen and oxygen atoms in total. The van der Waals surface area contributed by atoms with Crippen LogP contribution in [-0.2, 0) is 28.4 Å². The number of benzene rings is 3. The molecule has 0 radical (unpaired) electrons. The molecular weight excluding hydrogens is 492 g/mol. The minimum Gasteiger partial charge on any atom is -0.459 e. The van der Waals surface area contributed by atoms with Gasteiger partial charge in [0.1, 0.15) is 19.3 Å². The Morgan fingerprint density at radius 3 is 1.76 bits per heavy atom. The lowest BCUT2D eigenvalue weighted by Crippen LogP contribution is -2.54. The van der Waals surface area contributed by atoms with E-state index in [4.69, 9.17) is 28.4 Å². The molecule has 38 heavy (non-hydrogen) atoms. The van der Waals surface area contributed by atoms with Crippen LogP contribution in [0.4, 0.5) is 0 Å². The van der Waals surface area contributed by atoms with Crippen molar-refractivity contribution < 1.29 is 42.8 Å². The summed E-state index contributed by atoms with van der Waals surface area (Å²) in [7, 11) is 0. The van der Waals surface area contributed by atoms with Crippen LogP contribution in [0.1, 0.15) is 31.1 Å². The Morgan fingerprint density at radius 1 is 0.711 bits per heavy atom. The molecule has 4 atom stereocenters. The van der Waals surface area contributed by atoms with E-state index in [1.165, 1.54) is 0 Å². The van der Waals surface area contributed by atoms with Crippen molar-refractivity contribution in [3.05, 3.63) is 108 Å². The molecule has 0 aromatic heterocycles. The van der Waals surface area contributed by atoms with Gasteiger partial charge in [-0.25, -0.2) is 14.4 Å². The van der Waals surface area contributed by atoms with E-state index in [1.54, 1.807) is 91.0 Å². The van der Waals surface area contributed by atoms with E-state index in [1.807, 2.05) is 0 Å². The highest BCUT2D eigenvalue weighted by molar-refractivity contribution is 5.91. The molecule has 2 aliphatic rings. The zero-order chi connectivity index (χ0) is 26.4. The fourth-order valence-corrected chi connectivity index (χ4v) is 4.36. The number of hydrogen-bond acceptors (Lipinski definition) is 9. The van der Waals surface area contributed by atoms with E-state index in [0.717, 1.165) is 0 Å². The molecule has 0 saturated carbocycles. The number of hydrogen-bond donors (Lipinski definition) is 0. The number of carbonyl (C=O) groups excluding carboxylic acids is 3. The van der Waals surface area contributed by atoms with Crippen molar-refractivity contribution in [1.82, 2.24) is 0 Å². The Balaban J connectivity index is 1.43. The van der Waals surface area contributed by atoms with Crippen LogP contribution >= 0.6 is 0 Å². The zero-order valence-electron chi connectivity index (χ0n) is 20.4. The summed E-state index contributed by atoms with van der Waals surface area (Å²) < 4.78 is 35.0. The third kappa shape index (κ3) is 5.60. The minimum absolute atomic E-state index is 0.0811. The summed E-state index contributed by atoms with van der Waals surface area (Å²) in [6, 6.07) is 25.2. The first kappa shape index (κ1) is 25.6. The largest absolute Gasteiger partial charge is 0.459 e. The van der Waals surface area contributed by atoms with Crippen LogP contribution < -0.4 is 0 Å². The molecule has 0 unspecified atom stereocenters. The van der Waals surface area contributed by atoms with Crippen LogP contribution in [0, 0.1) is 0 Å². The van der Waals surface area contributed by atoms with E-state index in [9.17, 15) is 14.4 Å². The van der Waals surface area contributed by atoms with Crippen molar-refractivity contribution in [3.63, 3.8) is 0 Å². The Hall–Kier alpha value is -4.05. The van der Waals surface area contributed by atoms with Crippen molar-refractivity contribution >= 4 is 17.9 Å². The van der Waals surface area contributed by atoms with E-state index < -0.39 is 42.0 Å². The Labute approximate surface area is 219 Å². The van der Waals surface area contributed by atoms with Gasteiger partial charge in [-0.3, -0.25) is 0 Å². The molecule has 3 aromatic rings. The molecule has 0 bridgehead atoms. The molecule has 0 amide bonds. The molecule has 0 aliphatic carbocycles. The first-order valence-electron chi connectivity index (χ1n) is 12.2.